The second-order valence-electron chi connectivity index (χ2n) is 4.75. The van der Waals surface area contributed by atoms with Gasteiger partial charge in [0.05, 0.1) is 22.4 Å². The van der Waals surface area contributed by atoms with Gasteiger partial charge in [0.2, 0.25) is 0 Å². The second-order valence-corrected chi connectivity index (χ2v) is 7.70. The third kappa shape index (κ3) is 4.09. The molecule has 0 aliphatic carbocycles. The number of nitrogens with zero attached hydrogens (tertiary/aromatic N) is 2. The quantitative estimate of drug-likeness (QED) is 0.529. The highest BCUT2D eigenvalue weighted by Crippen LogP contribution is 2.33. The van der Waals surface area contributed by atoms with Crippen LogP contribution in [-0.4, -0.2) is 16.3 Å². The van der Waals surface area contributed by atoms with E-state index in [0.29, 0.717) is 0 Å². The number of aryl methyl sites for hydroxylation is 1. The smallest absolute Gasteiger partial charge is 0.0771 e. The molecule has 0 bridgehead atoms. The van der Waals surface area contributed by atoms with Gasteiger partial charge in [-0.1, -0.05) is 22.9 Å². The zero-order chi connectivity index (χ0) is 15.4. The molecule has 1 atom stereocenters. The summed E-state index contributed by atoms with van der Waals surface area (Å²) in [6.07, 6.45) is 2.97. The predicted octanol–water partition coefficient (Wildman–Crippen LogP) is 5.12. The van der Waals surface area contributed by atoms with Crippen molar-refractivity contribution in [3.8, 4) is 0 Å². The first-order valence-electron chi connectivity index (χ1n) is 6.98. The van der Waals surface area contributed by atoms with Gasteiger partial charge >= 0.3 is 0 Å². The van der Waals surface area contributed by atoms with Crippen molar-refractivity contribution < 1.29 is 0 Å². The average Bonchev–Trinajstić information content (AvgIpc) is 2.84. The van der Waals surface area contributed by atoms with Crippen molar-refractivity contribution in [2.24, 2.45) is 0 Å². The van der Waals surface area contributed by atoms with E-state index in [1.54, 1.807) is 0 Å². The molecule has 0 saturated heterocycles. The molecule has 3 nitrogen and oxygen atoms in total. The maximum absolute atomic E-state index is 4.45. The largest absolute Gasteiger partial charge is 0.305 e. The van der Waals surface area contributed by atoms with Crippen LogP contribution in [0.5, 0.6) is 0 Å². The summed E-state index contributed by atoms with van der Waals surface area (Å²) in [5.41, 5.74) is 2.42. The first kappa shape index (κ1) is 17.4. The lowest BCUT2D eigenvalue weighted by atomic mass is 10.0. The molecule has 0 spiro atoms. The fourth-order valence-corrected chi connectivity index (χ4v) is 3.81. The van der Waals surface area contributed by atoms with Crippen molar-refractivity contribution in [3.63, 3.8) is 0 Å². The van der Waals surface area contributed by atoms with Crippen LogP contribution in [0.2, 0.25) is 0 Å². The van der Waals surface area contributed by atoms with Crippen LogP contribution in [0, 0.1) is 3.57 Å². The van der Waals surface area contributed by atoms with E-state index >= 15 is 0 Å². The van der Waals surface area contributed by atoms with Crippen molar-refractivity contribution in [3.05, 3.63) is 48.2 Å². The zero-order valence-electron chi connectivity index (χ0n) is 12.0. The van der Waals surface area contributed by atoms with Crippen LogP contribution in [0.1, 0.15) is 37.6 Å². The van der Waals surface area contributed by atoms with Crippen molar-refractivity contribution in [2.45, 2.75) is 32.9 Å². The summed E-state index contributed by atoms with van der Waals surface area (Å²) in [7, 11) is 0. The fourth-order valence-electron chi connectivity index (χ4n) is 2.29. The molecular weight excluding hydrogens is 509 g/mol. The van der Waals surface area contributed by atoms with Crippen molar-refractivity contribution in [1.82, 2.24) is 15.1 Å². The van der Waals surface area contributed by atoms with Crippen molar-refractivity contribution >= 4 is 54.5 Å². The van der Waals surface area contributed by atoms with Crippen LogP contribution in [0.3, 0.4) is 0 Å². The Morgan fingerprint density at radius 2 is 2.05 bits per heavy atom. The topological polar surface area (TPSA) is 29.9 Å². The maximum atomic E-state index is 4.45. The molecule has 0 aliphatic heterocycles. The Labute approximate surface area is 156 Å². The summed E-state index contributed by atoms with van der Waals surface area (Å²) in [6, 6.07) is 6.55. The van der Waals surface area contributed by atoms with E-state index in [1.807, 2.05) is 10.9 Å². The average molecular weight is 527 g/mol. The molecule has 114 valence electrons. The molecule has 2 aromatic rings. The molecule has 1 N–H and O–H groups in total. The van der Waals surface area contributed by atoms with E-state index < -0.39 is 0 Å². The second kappa shape index (κ2) is 8.08. The molecule has 2 rings (SSSR count). The van der Waals surface area contributed by atoms with Gasteiger partial charge in [0.1, 0.15) is 0 Å². The van der Waals surface area contributed by atoms with E-state index in [4.69, 9.17) is 0 Å². The van der Waals surface area contributed by atoms with Gasteiger partial charge in [-0.25, -0.2) is 0 Å². The first-order chi connectivity index (χ1) is 10.1. The SMILES string of the molecule is CCCNC(c1cc(I)ccc1Br)c1c(Br)cnn1CC. The molecule has 0 radical (unpaired) electrons. The van der Waals surface area contributed by atoms with E-state index in [9.17, 15) is 0 Å². The van der Waals surface area contributed by atoms with E-state index in [2.05, 4.69) is 96.9 Å². The number of benzene rings is 1. The Balaban J connectivity index is 2.52. The Hall–Kier alpha value is 0.0800. The van der Waals surface area contributed by atoms with Gasteiger partial charge in [-0.3, -0.25) is 4.68 Å². The molecule has 0 fully saturated rings. The lowest BCUT2D eigenvalue weighted by molar-refractivity contribution is 0.527. The number of rotatable bonds is 6. The molecule has 1 heterocycles. The molecule has 0 amide bonds. The van der Waals surface area contributed by atoms with Gasteiger partial charge in [0.25, 0.3) is 0 Å². The Morgan fingerprint density at radius 3 is 2.71 bits per heavy atom. The van der Waals surface area contributed by atoms with Gasteiger partial charge in [0, 0.05) is 14.6 Å². The van der Waals surface area contributed by atoms with E-state index in [1.165, 1.54) is 14.8 Å². The lowest BCUT2D eigenvalue weighted by Crippen LogP contribution is -2.26. The highest BCUT2D eigenvalue weighted by molar-refractivity contribution is 14.1. The van der Waals surface area contributed by atoms with Gasteiger partial charge < -0.3 is 5.32 Å². The third-order valence-electron chi connectivity index (χ3n) is 3.27. The van der Waals surface area contributed by atoms with E-state index in [-0.39, 0.29) is 6.04 Å². The molecule has 1 aromatic carbocycles. The highest BCUT2D eigenvalue weighted by atomic mass is 127. The van der Waals surface area contributed by atoms with Gasteiger partial charge in [-0.05, 0) is 82.2 Å². The Kier molecular flexibility index (Phi) is 6.71. The Bertz CT molecular complexity index is 613. The summed E-state index contributed by atoms with van der Waals surface area (Å²) in [5, 5.41) is 8.10. The van der Waals surface area contributed by atoms with Crippen molar-refractivity contribution in [1.29, 1.82) is 0 Å². The summed E-state index contributed by atoms with van der Waals surface area (Å²) in [4.78, 5) is 0. The minimum Gasteiger partial charge on any atom is -0.305 e. The van der Waals surface area contributed by atoms with Crippen LogP contribution in [-0.2, 0) is 6.54 Å². The molecular formula is C15H18Br2IN3. The number of hydrogen-bond acceptors (Lipinski definition) is 2. The minimum atomic E-state index is 0.117. The van der Waals surface area contributed by atoms with Gasteiger partial charge in [-0.15, -0.1) is 0 Å². The van der Waals surface area contributed by atoms with Gasteiger partial charge in [0.15, 0.2) is 0 Å². The monoisotopic (exact) mass is 525 g/mol. The molecule has 0 saturated carbocycles. The van der Waals surface area contributed by atoms with Crippen LogP contribution in [0.25, 0.3) is 0 Å². The first-order valence-corrected chi connectivity index (χ1v) is 9.64. The molecule has 1 aromatic heterocycles. The number of hydrogen-bond donors (Lipinski definition) is 1. The summed E-state index contributed by atoms with van der Waals surface area (Å²) in [6.45, 7) is 6.11. The molecule has 1 unspecified atom stereocenters. The summed E-state index contributed by atoms with van der Waals surface area (Å²) in [5.74, 6) is 0. The van der Waals surface area contributed by atoms with Crippen molar-refractivity contribution in [2.75, 3.05) is 6.54 Å². The number of aromatic nitrogens is 2. The number of nitrogens with one attached hydrogen (secondary N) is 1. The standard InChI is InChI=1S/C15H18Br2IN3/c1-3-7-19-14(11-8-10(18)5-6-12(11)16)15-13(17)9-20-21(15)4-2/h5-6,8-9,14,19H,3-4,7H2,1-2H3. The van der Waals surface area contributed by atoms with E-state index in [0.717, 1.165) is 28.5 Å². The zero-order valence-corrected chi connectivity index (χ0v) is 17.4. The summed E-state index contributed by atoms with van der Waals surface area (Å²) < 4.78 is 5.44. The Morgan fingerprint density at radius 1 is 1.29 bits per heavy atom. The van der Waals surface area contributed by atoms with Crippen LogP contribution < -0.4 is 5.32 Å². The highest BCUT2D eigenvalue weighted by Gasteiger charge is 2.23. The summed E-state index contributed by atoms with van der Waals surface area (Å²) >= 11 is 9.70. The molecule has 0 aliphatic rings. The lowest BCUT2D eigenvalue weighted by Gasteiger charge is -2.22. The van der Waals surface area contributed by atoms with Crippen LogP contribution in [0.15, 0.2) is 33.3 Å². The minimum absolute atomic E-state index is 0.117. The molecule has 6 heteroatoms. The number of halogens is 3. The predicted molar refractivity (Wildman–Crippen MR) is 103 cm³/mol. The van der Waals surface area contributed by atoms with Crippen LogP contribution >= 0.6 is 54.5 Å². The third-order valence-corrected chi connectivity index (χ3v) is 5.28. The fraction of sp³-hybridized carbons (Fsp3) is 0.400. The normalized spacial score (nSPS) is 12.6. The molecule has 21 heavy (non-hydrogen) atoms. The van der Waals surface area contributed by atoms with Gasteiger partial charge in [-0.2, -0.15) is 5.10 Å². The maximum Gasteiger partial charge on any atom is 0.0771 e. The van der Waals surface area contributed by atoms with Crippen LogP contribution in [0.4, 0.5) is 0 Å².